The first-order valence-electron chi connectivity index (χ1n) is 6.58. The molecule has 0 aliphatic carbocycles. The second-order valence-electron chi connectivity index (χ2n) is 4.49. The van der Waals surface area contributed by atoms with Gasteiger partial charge in [-0.25, -0.2) is 0 Å². The third-order valence-corrected chi connectivity index (χ3v) is 3.46. The van der Waals surface area contributed by atoms with Crippen molar-refractivity contribution in [3.05, 3.63) is 58.9 Å². The molecule has 1 aromatic carbocycles. The molecule has 0 fully saturated rings. The molecule has 0 atom stereocenters. The van der Waals surface area contributed by atoms with E-state index >= 15 is 0 Å². The number of benzene rings is 1. The van der Waals surface area contributed by atoms with Crippen LogP contribution in [0.4, 0.5) is 5.69 Å². The highest BCUT2D eigenvalue weighted by Gasteiger charge is 2.11. The van der Waals surface area contributed by atoms with Gasteiger partial charge < -0.3 is 15.8 Å². The number of anilines is 1. The zero-order valence-electron chi connectivity index (χ0n) is 11.7. The van der Waals surface area contributed by atoms with Gasteiger partial charge in [0.1, 0.15) is 0 Å². The Labute approximate surface area is 128 Å². The first-order valence-corrected chi connectivity index (χ1v) is 6.95. The zero-order chi connectivity index (χ0) is 15.2. The maximum absolute atomic E-state index is 8.70. The first kappa shape index (κ1) is 15.1. The second kappa shape index (κ2) is 6.95. The minimum Gasteiger partial charge on any atom is -0.409 e. The summed E-state index contributed by atoms with van der Waals surface area (Å²) >= 11 is 6.32. The van der Waals surface area contributed by atoms with Crippen molar-refractivity contribution in [2.45, 2.75) is 13.5 Å². The lowest BCUT2D eigenvalue weighted by Gasteiger charge is -2.24. The number of aromatic nitrogens is 1. The maximum Gasteiger partial charge on any atom is 0.170 e. The molecule has 6 heteroatoms. The lowest BCUT2D eigenvalue weighted by Crippen LogP contribution is -2.23. The van der Waals surface area contributed by atoms with Crippen molar-refractivity contribution in [3.63, 3.8) is 0 Å². The fourth-order valence-electron chi connectivity index (χ4n) is 2.03. The zero-order valence-corrected chi connectivity index (χ0v) is 12.5. The van der Waals surface area contributed by atoms with Crippen LogP contribution in [0.25, 0.3) is 0 Å². The molecular formula is C15H17ClN4O. The Kier molecular flexibility index (Phi) is 5.00. The number of rotatable bonds is 5. The fourth-order valence-corrected chi connectivity index (χ4v) is 2.34. The predicted octanol–water partition coefficient (Wildman–Crippen LogP) is 2.86. The summed E-state index contributed by atoms with van der Waals surface area (Å²) in [6.45, 7) is 3.51. The fraction of sp³-hybridized carbons (Fsp3) is 0.200. The van der Waals surface area contributed by atoms with Crippen LogP contribution in [0.1, 0.15) is 18.2 Å². The highest BCUT2D eigenvalue weighted by atomic mass is 35.5. The van der Waals surface area contributed by atoms with Crippen LogP contribution in [0.2, 0.25) is 5.02 Å². The van der Waals surface area contributed by atoms with Crippen LogP contribution in [-0.4, -0.2) is 22.6 Å². The van der Waals surface area contributed by atoms with Crippen molar-refractivity contribution in [1.82, 2.24) is 4.98 Å². The molecule has 1 aromatic heterocycles. The molecule has 0 saturated heterocycles. The van der Waals surface area contributed by atoms with Crippen molar-refractivity contribution < 1.29 is 5.21 Å². The molecule has 5 nitrogen and oxygen atoms in total. The molecular weight excluding hydrogens is 288 g/mol. The lowest BCUT2D eigenvalue weighted by atomic mass is 10.1. The van der Waals surface area contributed by atoms with Gasteiger partial charge in [0.25, 0.3) is 0 Å². The van der Waals surface area contributed by atoms with E-state index in [1.165, 1.54) is 0 Å². The summed E-state index contributed by atoms with van der Waals surface area (Å²) < 4.78 is 0. The van der Waals surface area contributed by atoms with Crippen LogP contribution < -0.4 is 10.6 Å². The maximum atomic E-state index is 8.70. The topological polar surface area (TPSA) is 74.7 Å². The molecule has 1 heterocycles. The molecule has 0 saturated carbocycles. The highest BCUT2D eigenvalue weighted by Crippen LogP contribution is 2.27. The molecule has 2 aromatic rings. The molecule has 0 aliphatic rings. The standard InChI is InChI=1S/C15H17ClN4O/c1-2-20(10-12-5-3-4-8-18-12)14-7-6-11(9-13(14)16)15(17)19-21/h3-9,21H,2,10H2,1H3,(H2,17,19). The van der Waals surface area contributed by atoms with E-state index in [0.717, 1.165) is 17.9 Å². The number of halogens is 1. The molecule has 0 aliphatic heterocycles. The van der Waals surface area contributed by atoms with E-state index in [4.69, 9.17) is 22.5 Å². The third kappa shape index (κ3) is 3.64. The summed E-state index contributed by atoms with van der Waals surface area (Å²) in [5.41, 5.74) is 8.00. The lowest BCUT2D eigenvalue weighted by molar-refractivity contribution is 0.318. The van der Waals surface area contributed by atoms with Gasteiger partial charge in [0, 0.05) is 18.3 Å². The van der Waals surface area contributed by atoms with Gasteiger partial charge in [0.2, 0.25) is 0 Å². The van der Waals surface area contributed by atoms with E-state index in [2.05, 4.69) is 22.0 Å². The molecule has 0 amide bonds. The normalized spacial score (nSPS) is 11.4. The van der Waals surface area contributed by atoms with Crippen LogP contribution in [0.5, 0.6) is 0 Å². The summed E-state index contributed by atoms with van der Waals surface area (Å²) in [4.78, 5) is 6.44. The number of hydrogen-bond donors (Lipinski definition) is 2. The average molecular weight is 305 g/mol. The molecule has 0 spiro atoms. The Hall–Kier alpha value is -2.27. The Morgan fingerprint density at radius 3 is 2.76 bits per heavy atom. The molecule has 110 valence electrons. The summed E-state index contributed by atoms with van der Waals surface area (Å²) in [5, 5.41) is 12.2. The van der Waals surface area contributed by atoms with E-state index in [1.807, 2.05) is 24.3 Å². The summed E-state index contributed by atoms with van der Waals surface area (Å²) in [6, 6.07) is 11.1. The summed E-state index contributed by atoms with van der Waals surface area (Å²) in [5.74, 6) is 0.0382. The average Bonchev–Trinajstić information content (AvgIpc) is 2.53. The quantitative estimate of drug-likeness (QED) is 0.385. The van der Waals surface area contributed by atoms with E-state index in [9.17, 15) is 0 Å². The van der Waals surface area contributed by atoms with Crippen LogP contribution in [-0.2, 0) is 6.54 Å². The number of hydrogen-bond acceptors (Lipinski definition) is 4. The van der Waals surface area contributed by atoms with Crippen molar-refractivity contribution >= 4 is 23.1 Å². The second-order valence-corrected chi connectivity index (χ2v) is 4.89. The Morgan fingerprint density at radius 2 is 2.19 bits per heavy atom. The molecule has 21 heavy (non-hydrogen) atoms. The van der Waals surface area contributed by atoms with Crippen molar-refractivity contribution in [2.24, 2.45) is 10.9 Å². The minimum absolute atomic E-state index is 0.0382. The van der Waals surface area contributed by atoms with Gasteiger partial charge in [-0.1, -0.05) is 22.8 Å². The largest absolute Gasteiger partial charge is 0.409 e. The van der Waals surface area contributed by atoms with E-state index in [1.54, 1.807) is 18.3 Å². The SMILES string of the molecule is CCN(Cc1ccccn1)c1ccc(/C(N)=N/O)cc1Cl. The Morgan fingerprint density at radius 1 is 1.38 bits per heavy atom. The van der Waals surface area contributed by atoms with Crippen LogP contribution >= 0.6 is 11.6 Å². The van der Waals surface area contributed by atoms with Crippen LogP contribution in [0, 0.1) is 0 Å². The van der Waals surface area contributed by atoms with Crippen molar-refractivity contribution in [1.29, 1.82) is 0 Å². The molecule has 0 radical (unpaired) electrons. The number of nitrogens with zero attached hydrogens (tertiary/aromatic N) is 3. The summed E-state index contributed by atoms with van der Waals surface area (Å²) in [6.07, 6.45) is 1.77. The minimum atomic E-state index is 0.0382. The van der Waals surface area contributed by atoms with Gasteiger partial charge >= 0.3 is 0 Å². The van der Waals surface area contributed by atoms with Gasteiger partial charge in [-0.15, -0.1) is 0 Å². The number of nitrogens with two attached hydrogens (primary N) is 1. The number of pyridine rings is 1. The number of oxime groups is 1. The van der Waals surface area contributed by atoms with Crippen molar-refractivity contribution in [2.75, 3.05) is 11.4 Å². The van der Waals surface area contributed by atoms with Gasteiger partial charge in [0.05, 0.1) is 22.9 Å². The third-order valence-electron chi connectivity index (χ3n) is 3.15. The van der Waals surface area contributed by atoms with E-state index < -0.39 is 0 Å². The Balaban J connectivity index is 2.26. The molecule has 0 unspecified atom stereocenters. The molecule has 0 bridgehead atoms. The highest BCUT2D eigenvalue weighted by molar-refractivity contribution is 6.33. The molecule has 3 N–H and O–H groups in total. The van der Waals surface area contributed by atoms with E-state index in [0.29, 0.717) is 17.1 Å². The smallest absolute Gasteiger partial charge is 0.170 e. The van der Waals surface area contributed by atoms with Gasteiger partial charge in [-0.2, -0.15) is 0 Å². The van der Waals surface area contributed by atoms with Crippen LogP contribution in [0.3, 0.4) is 0 Å². The van der Waals surface area contributed by atoms with Gasteiger partial charge in [-0.05, 0) is 37.3 Å². The van der Waals surface area contributed by atoms with Crippen LogP contribution in [0.15, 0.2) is 47.8 Å². The van der Waals surface area contributed by atoms with Gasteiger partial charge in [-0.3, -0.25) is 4.98 Å². The summed E-state index contributed by atoms with van der Waals surface area (Å²) in [7, 11) is 0. The van der Waals surface area contributed by atoms with E-state index in [-0.39, 0.29) is 5.84 Å². The number of amidine groups is 1. The molecule has 2 rings (SSSR count). The predicted molar refractivity (Wildman–Crippen MR) is 84.9 cm³/mol. The van der Waals surface area contributed by atoms with Gasteiger partial charge in [0.15, 0.2) is 5.84 Å². The monoisotopic (exact) mass is 304 g/mol. The Bertz CT molecular complexity index is 631. The first-order chi connectivity index (χ1) is 10.2. The van der Waals surface area contributed by atoms with Crippen molar-refractivity contribution in [3.8, 4) is 0 Å².